The van der Waals surface area contributed by atoms with Gasteiger partial charge in [0.25, 0.3) is 11.8 Å². The van der Waals surface area contributed by atoms with Gasteiger partial charge < -0.3 is 34.7 Å². The highest BCUT2D eigenvalue weighted by atomic mass is 16.5. The summed E-state index contributed by atoms with van der Waals surface area (Å²) >= 11 is 0. The number of carboxylic acid groups (broad SMARTS) is 1. The van der Waals surface area contributed by atoms with Crippen LogP contribution in [-0.2, 0) is 4.79 Å². The lowest BCUT2D eigenvalue weighted by Gasteiger charge is -2.16. The molecule has 0 atom stereocenters. The van der Waals surface area contributed by atoms with Crippen LogP contribution in [0.5, 0.6) is 23.0 Å². The zero-order valence-corrected chi connectivity index (χ0v) is 20.7. The zero-order chi connectivity index (χ0) is 26.9. The lowest BCUT2D eigenvalue weighted by atomic mass is 10.1. The van der Waals surface area contributed by atoms with Crippen LogP contribution in [0, 0.1) is 0 Å². The molecule has 2 amide bonds. The molecule has 192 valence electrons. The van der Waals surface area contributed by atoms with Gasteiger partial charge in [-0.3, -0.25) is 9.59 Å². The maximum absolute atomic E-state index is 13.4. The first kappa shape index (κ1) is 26.6. The van der Waals surface area contributed by atoms with E-state index in [-0.39, 0.29) is 22.7 Å². The molecule has 0 aliphatic heterocycles. The number of rotatable bonds is 10. The molecule has 0 spiro atoms. The second-order valence-corrected chi connectivity index (χ2v) is 7.50. The highest BCUT2D eigenvalue weighted by molar-refractivity contribution is 6.11. The summed E-state index contributed by atoms with van der Waals surface area (Å²) in [6, 6.07) is 15.5. The van der Waals surface area contributed by atoms with Crippen molar-refractivity contribution in [2.24, 2.45) is 0 Å². The van der Waals surface area contributed by atoms with Gasteiger partial charge in [0.2, 0.25) is 0 Å². The molecule has 0 aliphatic carbocycles. The van der Waals surface area contributed by atoms with Crippen LogP contribution >= 0.6 is 0 Å². The molecule has 0 bridgehead atoms. The Morgan fingerprint density at radius 1 is 0.730 bits per heavy atom. The van der Waals surface area contributed by atoms with Gasteiger partial charge in [0.1, 0.15) is 17.2 Å². The number of nitrogens with one attached hydrogen (secondary N) is 2. The van der Waals surface area contributed by atoms with E-state index in [9.17, 15) is 19.5 Å². The molecule has 0 radical (unpaired) electrons. The molecule has 0 saturated heterocycles. The first-order valence-corrected chi connectivity index (χ1v) is 10.9. The Labute approximate surface area is 213 Å². The van der Waals surface area contributed by atoms with Gasteiger partial charge in [0.15, 0.2) is 11.5 Å². The Kier molecular flexibility index (Phi) is 8.71. The van der Waals surface area contributed by atoms with Gasteiger partial charge in [-0.05, 0) is 42.5 Å². The summed E-state index contributed by atoms with van der Waals surface area (Å²) in [6.07, 6.45) is 1.41. The Hall–Kier alpha value is -4.99. The summed E-state index contributed by atoms with van der Waals surface area (Å²) in [5.74, 6) is -1.08. The number of aromatic carboxylic acids is 1. The minimum Gasteiger partial charge on any atom is -0.496 e. The van der Waals surface area contributed by atoms with E-state index in [0.29, 0.717) is 28.4 Å². The van der Waals surface area contributed by atoms with Crippen LogP contribution in [0.4, 0.5) is 5.69 Å². The molecule has 0 aliphatic rings. The number of hydrogen-bond donors (Lipinski definition) is 3. The van der Waals surface area contributed by atoms with Crippen molar-refractivity contribution >= 4 is 29.5 Å². The third-order valence-electron chi connectivity index (χ3n) is 5.26. The predicted molar refractivity (Wildman–Crippen MR) is 137 cm³/mol. The Morgan fingerprint density at radius 2 is 1.35 bits per heavy atom. The minimum absolute atomic E-state index is 0.0588. The van der Waals surface area contributed by atoms with Crippen molar-refractivity contribution in [1.29, 1.82) is 0 Å². The number of hydrogen-bond acceptors (Lipinski definition) is 7. The molecule has 0 heterocycles. The third kappa shape index (κ3) is 6.37. The van der Waals surface area contributed by atoms with Gasteiger partial charge in [-0.15, -0.1) is 0 Å². The van der Waals surface area contributed by atoms with Crippen LogP contribution in [0.3, 0.4) is 0 Å². The molecule has 10 heteroatoms. The average molecular weight is 507 g/mol. The predicted octanol–water partition coefficient (Wildman–Crippen LogP) is 3.83. The lowest BCUT2D eigenvalue weighted by molar-refractivity contribution is -0.113. The SMILES string of the molecule is COc1cc(OC)c(OC)cc1C=C(NC(=O)c1ccccc1)C(=O)Nc1cc(C(=O)O)ccc1OC. The number of anilines is 1. The topological polar surface area (TPSA) is 132 Å². The Balaban J connectivity index is 2.08. The standard InChI is InChI=1S/C27H26N2O8/c1-34-21-11-10-17(27(32)33)12-19(21)28-26(31)20(29-25(30)16-8-6-5-7-9-16)13-18-14-23(36-3)24(37-4)15-22(18)35-2/h5-15H,1-4H3,(H,28,31)(H,29,30)(H,32,33). The van der Waals surface area contributed by atoms with Crippen LogP contribution in [0.1, 0.15) is 26.3 Å². The number of carbonyl (C=O) groups excluding carboxylic acids is 2. The fourth-order valence-electron chi connectivity index (χ4n) is 3.39. The van der Waals surface area contributed by atoms with Gasteiger partial charge in [-0.2, -0.15) is 0 Å². The van der Waals surface area contributed by atoms with Crippen LogP contribution in [0.25, 0.3) is 6.08 Å². The number of carboxylic acids is 1. The van der Waals surface area contributed by atoms with Gasteiger partial charge >= 0.3 is 5.97 Å². The normalized spacial score (nSPS) is 10.8. The molecule has 0 unspecified atom stereocenters. The van der Waals surface area contributed by atoms with Crippen molar-refractivity contribution < 1.29 is 38.4 Å². The molecule has 3 aromatic rings. The number of methoxy groups -OCH3 is 4. The highest BCUT2D eigenvalue weighted by Crippen LogP contribution is 2.36. The van der Waals surface area contributed by atoms with Crippen molar-refractivity contribution in [3.63, 3.8) is 0 Å². The first-order chi connectivity index (χ1) is 17.8. The lowest BCUT2D eigenvalue weighted by Crippen LogP contribution is -2.31. The van der Waals surface area contributed by atoms with E-state index in [1.807, 2.05) is 0 Å². The molecule has 3 rings (SSSR count). The number of benzene rings is 3. The van der Waals surface area contributed by atoms with Crippen molar-refractivity contribution in [3.05, 3.63) is 83.1 Å². The second kappa shape index (κ2) is 12.1. The molecular formula is C27H26N2O8. The first-order valence-electron chi connectivity index (χ1n) is 10.9. The van der Waals surface area contributed by atoms with Gasteiger partial charge in [0, 0.05) is 17.2 Å². The fourth-order valence-corrected chi connectivity index (χ4v) is 3.39. The Morgan fingerprint density at radius 3 is 1.95 bits per heavy atom. The van der Waals surface area contributed by atoms with E-state index in [0.717, 1.165) is 0 Å². The largest absolute Gasteiger partial charge is 0.496 e. The van der Waals surface area contributed by atoms with Gasteiger partial charge in [-0.25, -0.2) is 4.79 Å². The molecule has 3 aromatic carbocycles. The average Bonchev–Trinajstić information content (AvgIpc) is 2.92. The smallest absolute Gasteiger partial charge is 0.335 e. The molecule has 3 N–H and O–H groups in total. The quantitative estimate of drug-likeness (QED) is 0.354. The number of amides is 2. The van der Waals surface area contributed by atoms with Crippen molar-refractivity contribution in [3.8, 4) is 23.0 Å². The van der Waals surface area contributed by atoms with E-state index in [1.165, 1.54) is 52.7 Å². The fraction of sp³-hybridized carbons (Fsp3) is 0.148. The molecular weight excluding hydrogens is 480 g/mol. The van der Waals surface area contributed by atoms with E-state index in [1.54, 1.807) is 42.5 Å². The van der Waals surface area contributed by atoms with Gasteiger partial charge in [-0.1, -0.05) is 18.2 Å². The van der Waals surface area contributed by atoms with Crippen LogP contribution < -0.4 is 29.6 Å². The molecule has 10 nitrogen and oxygen atoms in total. The van der Waals surface area contributed by atoms with Crippen molar-refractivity contribution in [1.82, 2.24) is 5.32 Å². The number of ether oxygens (including phenoxy) is 4. The van der Waals surface area contributed by atoms with Crippen molar-refractivity contribution in [2.75, 3.05) is 33.8 Å². The highest BCUT2D eigenvalue weighted by Gasteiger charge is 2.20. The molecule has 37 heavy (non-hydrogen) atoms. The van der Waals surface area contributed by atoms with Crippen LogP contribution in [0.2, 0.25) is 0 Å². The maximum atomic E-state index is 13.4. The van der Waals surface area contributed by atoms with Gasteiger partial charge in [0.05, 0.1) is 39.7 Å². The van der Waals surface area contributed by atoms with Crippen molar-refractivity contribution in [2.45, 2.75) is 0 Å². The second-order valence-electron chi connectivity index (χ2n) is 7.50. The van der Waals surface area contributed by atoms with E-state index in [2.05, 4.69) is 10.6 Å². The number of carbonyl (C=O) groups is 3. The summed E-state index contributed by atoms with van der Waals surface area (Å²) in [5.41, 5.74) is 0.626. The summed E-state index contributed by atoms with van der Waals surface area (Å²) in [4.78, 5) is 37.8. The Bertz CT molecular complexity index is 1340. The summed E-state index contributed by atoms with van der Waals surface area (Å²) < 4.78 is 21.4. The third-order valence-corrected chi connectivity index (χ3v) is 5.26. The van der Waals surface area contributed by atoms with Crippen LogP contribution in [-0.4, -0.2) is 51.3 Å². The van der Waals surface area contributed by atoms with E-state index < -0.39 is 17.8 Å². The van der Waals surface area contributed by atoms with E-state index in [4.69, 9.17) is 18.9 Å². The summed E-state index contributed by atoms with van der Waals surface area (Å²) in [5, 5.41) is 14.6. The summed E-state index contributed by atoms with van der Waals surface area (Å²) in [7, 11) is 5.77. The monoisotopic (exact) mass is 506 g/mol. The zero-order valence-electron chi connectivity index (χ0n) is 20.7. The maximum Gasteiger partial charge on any atom is 0.335 e. The van der Waals surface area contributed by atoms with E-state index >= 15 is 0 Å². The molecule has 0 saturated carbocycles. The molecule has 0 aromatic heterocycles. The molecule has 0 fully saturated rings. The minimum atomic E-state index is -1.18. The van der Waals surface area contributed by atoms with Crippen LogP contribution in [0.15, 0.2) is 66.4 Å². The summed E-state index contributed by atoms with van der Waals surface area (Å²) in [6.45, 7) is 0.